The lowest BCUT2D eigenvalue weighted by atomic mass is 9.95. The van der Waals surface area contributed by atoms with Gasteiger partial charge in [-0.15, -0.1) is 0 Å². The van der Waals surface area contributed by atoms with Crippen LogP contribution in [0.5, 0.6) is 0 Å². The van der Waals surface area contributed by atoms with Gasteiger partial charge in [-0.2, -0.15) is 4.98 Å². The van der Waals surface area contributed by atoms with Crippen molar-refractivity contribution in [2.24, 2.45) is 0 Å². The average molecular weight is 336 g/mol. The summed E-state index contributed by atoms with van der Waals surface area (Å²) in [5, 5.41) is 0. The molecule has 25 heavy (non-hydrogen) atoms. The van der Waals surface area contributed by atoms with Crippen molar-refractivity contribution >= 4 is 17.4 Å². The number of aromatic nitrogens is 4. The Hall–Kier alpha value is -2.63. The van der Waals surface area contributed by atoms with Crippen LogP contribution in [-0.4, -0.2) is 32.4 Å². The molecule has 1 saturated heterocycles. The van der Waals surface area contributed by atoms with Gasteiger partial charge in [0.2, 0.25) is 5.95 Å². The number of nitrogen functional groups attached to an aromatic ring is 1. The van der Waals surface area contributed by atoms with Crippen LogP contribution in [-0.2, 0) is 0 Å². The fourth-order valence-electron chi connectivity index (χ4n) is 3.61. The minimum atomic E-state index is 0.336. The van der Waals surface area contributed by atoms with Crippen LogP contribution in [0, 0.1) is 0 Å². The molecule has 0 saturated carbocycles. The molecule has 6 heteroatoms. The zero-order valence-electron chi connectivity index (χ0n) is 14.8. The zero-order valence-corrected chi connectivity index (χ0v) is 14.8. The highest BCUT2D eigenvalue weighted by atomic mass is 15.2. The Morgan fingerprint density at radius 2 is 2.12 bits per heavy atom. The molecule has 4 heterocycles. The number of pyridine rings is 1. The third kappa shape index (κ3) is 3.04. The van der Waals surface area contributed by atoms with Gasteiger partial charge in [-0.25, -0.2) is 9.97 Å². The number of hydrogen-bond acceptors (Lipinski definition) is 5. The summed E-state index contributed by atoms with van der Waals surface area (Å²) in [4.78, 5) is 15.7. The van der Waals surface area contributed by atoms with Gasteiger partial charge in [-0.3, -0.25) is 0 Å². The van der Waals surface area contributed by atoms with Gasteiger partial charge < -0.3 is 15.0 Å². The number of rotatable bonds is 3. The molecule has 1 atom stereocenters. The van der Waals surface area contributed by atoms with E-state index in [-0.39, 0.29) is 0 Å². The number of fused-ring (bicyclic) bond motifs is 1. The summed E-state index contributed by atoms with van der Waals surface area (Å²) in [7, 11) is 0. The number of nitrogens with two attached hydrogens (primary N) is 1. The van der Waals surface area contributed by atoms with Crippen LogP contribution in [0.1, 0.15) is 49.9 Å². The van der Waals surface area contributed by atoms with Gasteiger partial charge in [-0.1, -0.05) is 19.9 Å². The lowest BCUT2D eigenvalue weighted by Crippen LogP contribution is -2.35. The fraction of sp³-hybridized carbons (Fsp3) is 0.421. The molecule has 0 radical (unpaired) electrons. The van der Waals surface area contributed by atoms with Crippen molar-refractivity contribution in [3.63, 3.8) is 0 Å². The molecular weight excluding hydrogens is 312 g/mol. The molecule has 1 aliphatic heterocycles. The number of piperidine rings is 1. The van der Waals surface area contributed by atoms with Crippen molar-refractivity contribution in [1.82, 2.24) is 19.4 Å². The topological polar surface area (TPSA) is 72.3 Å². The predicted octanol–water partition coefficient (Wildman–Crippen LogP) is 3.21. The van der Waals surface area contributed by atoms with Crippen molar-refractivity contribution in [2.45, 2.75) is 38.5 Å². The third-order valence-corrected chi connectivity index (χ3v) is 4.95. The summed E-state index contributed by atoms with van der Waals surface area (Å²) in [6.45, 7) is 6.18. The van der Waals surface area contributed by atoms with E-state index in [1.54, 1.807) is 0 Å². The third-order valence-electron chi connectivity index (χ3n) is 4.95. The van der Waals surface area contributed by atoms with Crippen molar-refractivity contribution in [3.05, 3.63) is 48.0 Å². The summed E-state index contributed by atoms with van der Waals surface area (Å²) in [6.07, 6.45) is 6.40. The van der Waals surface area contributed by atoms with Crippen LogP contribution in [0.4, 0.5) is 11.8 Å². The van der Waals surface area contributed by atoms with Crippen LogP contribution in [0.25, 0.3) is 5.65 Å². The van der Waals surface area contributed by atoms with E-state index in [4.69, 9.17) is 5.73 Å². The largest absolute Gasteiger partial charge is 0.368 e. The fourth-order valence-corrected chi connectivity index (χ4v) is 3.61. The maximum atomic E-state index is 5.94. The molecule has 0 amide bonds. The Morgan fingerprint density at radius 3 is 2.96 bits per heavy atom. The second-order valence-corrected chi connectivity index (χ2v) is 7.06. The van der Waals surface area contributed by atoms with E-state index < -0.39 is 0 Å². The molecule has 0 bridgehead atoms. The molecule has 0 aromatic carbocycles. The second-order valence-electron chi connectivity index (χ2n) is 7.06. The molecule has 3 aromatic heterocycles. The first-order chi connectivity index (χ1) is 12.1. The van der Waals surface area contributed by atoms with Crippen molar-refractivity contribution in [1.29, 1.82) is 0 Å². The van der Waals surface area contributed by atoms with Gasteiger partial charge in [0.1, 0.15) is 11.5 Å². The highest BCUT2D eigenvalue weighted by Gasteiger charge is 2.25. The minimum absolute atomic E-state index is 0.336. The normalized spacial score (nSPS) is 18.2. The molecule has 0 aliphatic carbocycles. The Morgan fingerprint density at radius 1 is 1.24 bits per heavy atom. The number of anilines is 2. The summed E-state index contributed by atoms with van der Waals surface area (Å²) >= 11 is 0. The van der Waals surface area contributed by atoms with Crippen molar-refractivity contribution in [3.8, 4) is 0 Å². The molecule has 0 spiro atoms. The maximum Gasteiger partial charge on any atom is 0.222 e. The maximum absolute atomic E-state index is 5.94. The zero-order chi connectivity index (χ0) is 17.4. The molecular formula is C19H24N6. The number of nitrogens with zero attached hydrogens (tertiary/aromatic N) is 5. The monoisotopic (exact) mass is 336 g/mol. The summed E-state index contributed by atoms with van der Waals surface area (Å²) in [6, 6.07) is 8.21. The standard InChI is InChI=1S/C19H24N6/c1-13(2)15-10-18(23-19(20)22-15)24-8-5-6-14(12-24)16-11-21-17-7-3-4-9-25(16)17/h3-4,7,9-11,13-14H,5-6,8,12H2,1-2H3,(H2,20,22,23). The van der Waals surface area contributed by atoms with Crippen LogP contribution in [0.2, 0.25) is 0 Å². The first-order valence-electron chi connectivity index (χ1n) is 8.93. The first-order valence-corrected chi connectivity index (χ1v) is 8.93. The van der Waals surface area contributed by atoms with Gasteiger partial charge in [0.05, 0.1) is 5.69 Å². The van der Waals surface area contributed by atoms with E-state index in [9.17, 15) is 0 Å². The summed E-state index contributed by atoms with van der Waals surface area (Å²) in [5.41, 5.74) is 9.22. The molecule has 1 aliphatic rings. The van der Waals surface area contributed by atoms with E-state index in [1.807, 2.05) is 18.3 Å². The average Bonchev–Trinajstić information content (AvgIpc) is 3.05. The molecule has 130 valence electrons. The quantitative estimate of drug-likeness (QED) is 0.795. The lowest BCUT2D eigenvalue weighted by molar-refractivity contribution is 0.496. The highest BCUT2D eigenvalue weighted by molar-refractivity contribution is 5.46. The van der Waals surface area contributed by atoms with E-state index in [0.29, 0.717) is 17.8 Å². The van der Waals surface area contributed by atoms with Crippen LogP contribution in [0.15, 0.2) is 36.7 Å². The molecule has 1 fully saturated rings. The lowest BCUT2D eigenvalue weighted by Gasteiger charge is -2.33. The van der Waals surface area contributed by atoms with Crippen molar-refractivity contribution < 1.29 is 0 Å². The van der Waals surface area contributed by atoms with Crippen LogP contribution in [0.3, 0.4) is 0 Å². The highest BCUT2D eigenvalue weighted by Crippen LogP contribution is 2.30. The van der Waals surface area contributed by atoms with Gasteiger partial charge >= 0.3 is 0 Å². The smallest absolute Gasteiger partial charge is 0.222 e. The molecule has 4 rings (SSSR count). The first kappa shape index (κ1) is 15.9. The van der Waals surface area contributed by atoms with E-state index in [0.717, 1.165) is 43.1 Å². The van der Waals surface area contributed by atoms with E-state index in [1.165, 1.54) is 5.69 Å². The number of hydrogen-bond donors (Lipinski definition) is 1. The Balaban J connectivity index is 1.63. The molecule has 2 N–H and O–H groups in total. The molecule has 6 nitrogen and oxygen atoms in total. The Labute approximate surface area is 147 Å². The molecule has 1 unspecified atom stereocenters. The Bertz CT molecular complexity index is 885. The SMILES string of the molecule is CC(C)c1cc(N2CCCC(c3cnc4ccccn34)C2)nc(N)n1. The summed E-state index contributed by atoms with van der Waals surface area (Å²) < 4.78 is 2.20. The summed E-state index contributed by atoms with van der Waals surface area (Å²) in [5.74, 6) is 2.07. The minimum Gasteiger partial charge on any atom is -0.368 e. The van der Waals surface area contributed by atoms with Gasteiger partial charge in [0, 0.05) is 43.2 Å². The molecule has 3 aromatic rings. The Kier molecular flexibility index (Phi) is 4.03. The van der Waals surface area contributed by atoms with Crippen LogP contribution < -0.4 is 10.6 Å². The van der Waals surface area contributed by atoms with Gasteiger partial charge in [0.15, 0.2) is 0 Å². The van der Waals surface area contributed by atoms with Crippen molar-refractivity contribution in [2.75, 3.05) is 23.7 Å². The van der Waals surface area contributed by atoms with Gasteiger partial charge in [-0.05, 0) is 30.9 Å². The van der Waals surface area contributed by atoms with Crippen LogP contribution >= 0.6 is 0 Å². The van der Waals surface area contributed by atoms with E-state index >= 15 is 0 Å². The second kappa shape index (κ2) is 6.35. The number of imidazole rings is 1. The van der Waals surface area contributed by atoms with E-state index in [2.05, 4.69) is 56.4 Å². The van der Waals surface area contributed by atoms with Gasteiger partial charge in [0.25, 0.3) is 0 Å². The predicted molar refractivity (Wildman–Crippen MR) is 99.9 cm³/mol.